The standard InChI is InChI=1S/C24H27ClO3/c1-23(2)21(26)20(22(27)24(3,4)28-23)19-13-16(9-12-18(19)15-5-6-15)14-7-10-17(25)11-8-14/h7-10,12-13,15,17,20H,5-6,11H2,1-4H3. The van der Waals surface area contributed by atoms with Crippen LogP contribution in [0.5, 0.6) is 0 Å². The molecule has 4 heteroatoms. The van der Waals surface area contributed by atoms with Crippen LogP contribution in [0.4, 0.5) is 0 Å². The predicted molar refractivity (Wildman–Crippen MR) is 112 cm³/mol. The maximum Gasteiger partial charge on any atom is 0.179 e. The molecule has 1 heterocycles. The van der Waals surface area contributed by atoms with E-state index in [1.54, 1.807) is 27.7 Å². The lowest BCUT2D eigenvalue weighted by Gasteiger charge is -2.43. The molecule has 1 unspecified atom stereocenters. The van der Waals surface area contributed by atoms with Gasteiger partial charge in [-0.2, -0.15) is 0 Å². The number of allylic oxidation sites excluding steroid dienone is 4. The summed E-state index contributed by atoms with van der Waals surface area (Å²) in [4.78, 5) is 26.6. The molecule has 0 aromatic heterocycles. The van der Waals surface area contributed by atoms with Crippen molar-refractivity contribution in [3.63, 3.8) is 0 Å². The van der Waals surface area contributed by atoms with Crippen molar-refractivity contribution in [1.29, 1.82) is 0 Å². The van der Waals surface area contributed by atoms with Gasteiger partial charge in [-0.3, -0.25) is 9.59 Å². The topological polar surface area (TPSA) is 43.4 Å². The molecule has 3 aliphatic rings. The Hall–Kier alpha value is -1.71. The minimum Gasteiger partial charge on any atom is -0.354 e. The minimum absolute atomic E-state index is 0.0224. The summed E-state index contributed by atoms with van der Waals surface area (Å²) >= 11 is 6.16. The van der Waals surface area contributed by atoms with E-state index in [0.29, 0.717) is 5.92 Å². The normalized spacial score (nSPS) is 27.0. The van der Waals surface area contributed by atoms with Gasteiger partial charge in [0.2, 0.25) is 0 Å². The lowest BCUT2D eigenvalue weighted by atomic mass is 9.73. The summed E-state index contributed by atoms with van der Waals surface area (Å²) < 4.78 is 5.88. The van der Waals surface area contributed by atoms with Crippen molar-refractivity contribution in [2.24, 2.45) is 0 Å². The Morgan fingerprint density at radius 2 is 1.64 bits per heavy atom. The minimum atomic E-state index is -0.991. The van der Waals surface area contributed by atoms with Crippen LogP contribution in [-0.2, 0) is 14.3 Å². The molecule has 4 rings (SSSR count). The molecule has 0 bridgehead atoms. The number of hydrogen-bond acceptors (Lipinski definition) is 3. The summed E-state index contributed by atoms with van der Waals surface area (Å²) in [5.41, 5.74) is 2.14. The number of hydrogen-bond donors (Lipinski definition) is 0. The molecule has 3 nitrogen and oxygen atoms in total. The Labute approximate surface area is 171 Å². The molecule has 1 aromatic rings. The number of halogens is 1. The van der Waals surface area contributed by atoms with Gasteiger partial charge in [0.25, 0.3) is 0 Å². The highest BCUT2D eigenvalue weighted by Gasteiger charge is 2.53. The SMILES string of the molecule is CC1(C)OC(C)(C)C(=O)C(c2cc(C3=CCC(Cl)C=C3)ccc2C2CC2)C1=O. The van der Waals surface area contributed by atoms with Crippen LogP contribution in [0.2, 0.25) is 0 Å². The third-order valence-electron chi connectivity index (χ3n) is 6.02. The average molecular weight is 399 g/mol. The number of ketones is 2. The van der Waals surface area contributed by atoms with Crippen LogP contribution in [0.3, 0.4) is 0 Å². The van der Waals surface area contributed by atoms with Crippen molar-refractivity contribution < 1.29 is 14.3 Å². The van der Waals surface area contributed by atoms with Crippen LogP contribution in [0, 0.1) is 0 Å². The molecule has 0 spiro atoms. The molecule has 2 aliphatic carbocycles. The summed E-state index contributed by atoms with van der Waals surface area (Å²) in [6.07, 6.45) is 9.14. The van der Waals surface area contributed by atoms with Crippen molar-refractivity contribution in [1.82, 2.24) is 0 Å². The van der Waals surface area contributed by atoms with Crippen molar-refractivity contribution >= 4 is 28.7 Å². The molecule has 1 aliphatic heterocycles. The lowest BCUT2D eigenvalue weighted by molar-refractivity contribution is -0.184. The van der Waals surface area contributed by atoms with Gasteiger partial charge < -0.3 is 4.74 Å². The molecule has 2 fully saturated rings. The maximum absolute atomic E-state index is 13.3. The fraction of sp³-hybridized carbons (Fsp3) is 0.500. The van der Waals surface area contributed by atoms with Crippen LogP contribution in [0.25, 0.3) is 5.57 Å². The van der Waals surface area contributed by atoms with Gasteiger partial charge >= 0.3 is 0 Å². The Morgan fingerprint density at radius 3 is 2.18 bits per heavy atom. The predicted octanol–water partition coefficient (Wildman–Crippen LogP) is 5.32. The second-order valence-corrected chi connectivity index (χ2v) is 9.73. The zero-order valence-electron chi connectivity index (χ0n) is 16.9. The van der Waals surface area contributed by atoms with Crippen molar-refractivity contribution in [2.75, 3.05) is 0 Å². The molecular formula is C24H27ClO3. The van der Waals surface area contributed by atoms with Crippen LogP contribution in [0.15, 0.2) is 36.4 Å². The summed E-state index contributed by atoms with van der Waals surface area (Å²) in [5.74, 6) is -0.625. The van der Waals surface area contributed by atoms with Gasteiger partial charge in [0.15, 0.2) is 11.6 Å². The fourth-order valence-corrected chi connectivity index (χ4v) is 4.58. The molecule has 0 N–H and O–H groups in total. The zero-order valence-corrected chi connectivity index (χ0v) is 17.7. The highest BCUT2D eigenvalue weighted by molar-refractivity contribution is 6.22. The Kier molecular flexibility index (Phi) is 4.67. The number of Topliss-reactive ketones (excluding diaryl/α,β-unsaturated/α-hetero) is 2. The van der Waals surface area contributed by atoms with E-state index in [1.165, 1.54) is 0 Å². The van der Waals surface area contributed by atoms with Crippen molar-refractivity contribution in [3.8, 4) is 0 Å². The smallest absolute Gasteiger partial charge is 0.179 e. The first kappa shape index (κ1) is 19.6. The van der Waals surface area contributed by atoms with Crippen molar-refractivity contribution in [3.05, 3.63) is 53.1 Å². The maximum atomic E-state index is 13.3. The molecule has 0 amide bonds. The van der Waals surface area contributed by atoms with E-state index < -0.39 is 17.1 Å². The highest BCUT2D eigenvalue weighted by Crippen LogP contribution is 2.47. The van der Waals surface area contributed by atoms with Gasteiger partial charge in [0, 0.05) is 0 Å². The van der Waals surface area contributed by atoms with Crippen molar-refractivity contribution in [2.45, 2.75) is 75.4 Å². The van der Waals surface area contributed by atoms with Crippen LogP contribution in [-0.4, -0.2) is 28.1 Å². The fourth-order valence-electron chi connectivity index (χ4n) is 4.41. The molecule has 1 saturated carbocycles. The zero-order chi connectivity index (χ0) is 20.3. The molecular weight excluding hydrogens is 372 g/mol. The first-order valence-electron chi connectivity index (χ1n) is 10.1. The van der Waals surface area contributed by atoms with Gasteiger partial charge in [0.05, 0.1) is 5.38 Å². The van der Waals surface area contributed by atoms with E-state index in [-0.39, 0.29) is 16.9 Å². The first-order valence-corrected chi connectivity index (χ1v) is 10.5. The summed E-state index contributed by atoms with van der Waals surface area (Å²) in [7, 11) is 0. The Morgan fingerprint density at radius 1 is 1.00 bits per heavy atom. The van der Waals surface area contributed by atoms with Crippen LogP contribution >= 0.6 is 11.6 Å². The molecule has 1 saturated heterocycles. The molecule has 1 aromatic carbocycles. The number of ether oxygens (including phenoxy) is 1. The van der Waals surface area contributed by atoms with E-state index in [4.69, 9.17) is 16.3 Å². The average Bonchev–Trinajstić information content (AvgIpc) is 3.45. The number of carbonyl (C=O) groups excluding carboxylic acids is 2. The quantitative estimate of drug-likeness (QED) is 0.511. The van der Waals surface area contributed by atoms with Gasteiger partial charge in [-0.05, 0) is 81.2 Å². The first-order chi connectivity index (χ1) is 13.1. The Bertz CT molecular complexity index is 876. The van der Waals surface area contributed by atoms with Crippen LogP contribution < -0.4 is 0 Å². The monoisotopic (exact) mass is 398 g/mol. The number of benzene rings is 1. The second-order valence-electron chi connectivity index (χ2n) is 9.17. The highest BCUT2D eigenvalue weighted by atomic mass is 35.5. The molecule has 28 heavy (non-hydrogen) atoms. The van der Waals surface area contributed by atoms with Gasteiger partial charge in [-0.1, -0.05) is 30.4 Å². The van der Waals surface area contributed by atoms with E-state index in [1.807, 2.05) is 12.2 Å². The third-order valence-corrected chi connectivity index (χ3v) is 6.34. The number of rotatable bonds is 3. The molecule has 0 radical (unpaired) electrons. The molecule has 1 atom stereocenters. The Balaban J connectivity index is 1.83. The molecule has 148 valence electrons. The van der Waals surface area contributed by atoms with Crippen LogP contribution in [0.1, 0.15) is 75.5 Å². The number of carbonyl (C=O) groups is 2. The number of alkyl halides is 1. The largest absolute Gasteiger partial charge is 0.354 e. The summed E-state index contributed by atoms with van der Waals surface area (Å²) in [6.45, 7) is 7.07. The van der Waals surface area contributed by atoms with E-state index in [2.05, 4.69) is 24.3 Å². The van der Waals surface area contributed by atoms with Gasteiger partial charge in [-0.15, -0.1) is 11.6 Å². The van der Waals surface area contributed by atoms with Gasteiger partial charge in [0.1, 0.15) is 17.1 Å². The summed E-state index contributed by atoms with van der Waals surface area (Å²) in [5, 5.41) is 0.0224. The van der Waals surface area contributed by atoms with E-state index >= 15 is 0 Å². The summed E-state index contributed by atoms with van der Waals surface area (Å²) in [6, 6.07) is 6.27. The van der Waals surface area contributed by atoms with Gasteiger partial charge in [-0.25, -0.2) is 0 Å². The van der Waals surface area contributed by atoms with E-state index in [0.717, 1.165) is 41.5 Å². The third kappa shape index (κ3) is 3.40. The lowest BCUT2D eigenvalue weighted by Crippen LogP contribution is -2.58. The van der Waals surface area contributed by atoms with E-state index in [9.17, 15) is 9.59 Å². The second kappa shape index (κ2) is 6.67.